The van der Waals surface area contributed by atoms with Gasteiger partial charge in [0.15, 0.2) is 11.6 Å². The van der Waals surface area contributed by atoms with Crippen LogP contribution in [-0.2, 0) is 0 Å². The molecule has 0 aromatic carbocycles. The van der Waals surface area contributed by atoms with Gasteiger partial charge in [0, 0.05) is 19.3 Å². The van der Waals surface area contributed by atoms with Gasteiger partial charge in [-0.25, -0.2) is 4.98 Å². The van der Waals surface area contributed by atoms with Crippen LogP contribution in [0, 0.1) is 0 Å². The molecular formula is C13H19ClN2O. The van der Waals surface area contributed by atoms with E-state index < -0.39 is 0 Å². The predicted octanol–water partition coefficient (Wildman–Crippen LogP) is 3.08. The fraction of sp³-hybridized carbons (Fsp3) is 0.615. The molecule has 17 heavy (non-hydrogen) atoms. The maximum absolute atomic E-state index is 6.41. The second-order valence-corrected chi connectivity index (χ2v) is 5.07. The maximum Gasteiger partial charge on any atom is 0.171 e. The minimum atomic E-state index is 0.209. The highest BCUT2D eigenvalue weighted by molar-refractivity contribution is 6.21. The van der Waals surface area contributed by atoms with Crippen LogP contribution in [0.5, 0.6) is 5.75 Å². The third-order valence-electron chi connectivity index (χ3n) is 3.45. The van der Waals surface area contributed by atoms with Crippen LogP contribution in [0.25, 0.3) is 0 Å². The number of halogens is 1. The summed E-state index contributed by atoms with van der Waals surface area (Å²) in [5.41, 5.74) is 0. The second-order valence-electron chi connectivity index (χ2n) is 4.51. The first-order valence-corrected chi connectivity index (χ1v) is 6.53. The smallest absolute Gasteiger partial charge is 0.171 e. The van der Waals surface area contributed by atoms with E-state index in [4.69, 9.17) is 16.3 Å². The average Bonchev–Trinajstić information content (AvgIpc) is 2.38. The lowest BCUT2D eigenvalue weighted by Gasteiger charge is -2.36. The summed E-state index contributed by atoms with van der Waals surface area (Å²) in [6, 6.07) is 4.18. The summed E-state index contributed by atoms with van der Waals surface area (Å²) >= 11 is 6.41. The molecule has 1 fully saturated rings. The van der Waals surface area contributed by atoms with Gasteiger partial charge in [-0.05, 0) is 25.0 Å². The van der Waals surface area contributed by atoms with E-state index in [0.29, 0.717) is 6.04 Å². The van der Waals surface area contributed by atoms with Gasteiger partial charge in [-0.15, -0.1) is 11.6 Å². The molecule has 4 heteroatoms. The first kappa shape index (κ1) is 12.5. The number of methoxy groups -OCH3 is 1. The maximum atomic E-state index is 6.41. The molecule has 2 atom stereocenters. The van der Waals surface area contributed by atoms with Crippen molar-refractivity contribution < 1.29 is 4.74 Å². The van der Waals surface area contributed by atoms with Crippen LogP contribution >= 0.6 is 11.6 Å². The summed E-state index contributed by atoms with van der Waals surface area (Å²) in [6.07, 6.45) is 6.49. The van der Waals surface area contributed by atoms with Gasteiger partial charge in [0.2, 0.25) is 0 Å². The van der Waals surface area contributed by atoms with Crippen LogP contribution in [0.15, 0.2) is 18.3 Å². The van der Waals surface area contributed by atoms with Crippen LogP contribution in [0.1, 0.15) is 25.7 Å². The van der Waals surface area contributed by atoms with Crippen molar-refractivity contribution in [3.63, 3.8) is 0 Å². The lowest BCUT2D eigenvalue weighted by atomic mass is 9.94. The molecule has 2 unspecified atom stereocenters. The average molecular weight is 255 g/mol. The van der Waals surface area contributed by atoms with Crippen LogP contribution < -0.4 is 9.64 Å². The highest BCUT2D eigenvalue weighted by atomic mass is 35.5. The van der Waals surface area contributed by atoms with E-state index in [2.05, 4.69) is 16.9 Å². The second kappa shape index (κ2) is 5.58. The molecule has 0 N–H and O–H groups in total. The number of nitrogens with zero attached hydrogens (tertiary/aromatic N) is 2. The zero-order valence-electron chi connectivity index (χ0n) is 10.4. The number of rotatable bonds is 3. The van der Waals surface area contributed by atoms with Gasteiger partial charge >= 0.3 is 0 Å². The number of alkyl halides is 1. The van der Waals surface area contributed by atoms with E-state index in [0.717, 1.165) is 24.4 Å². The third-order valence-corrected chi connectivity index (χ3v) is 3.96. The Morgan fingerprint density at radius 2 is 2.18 bits per heavy atom. The summed E-state index contributed by atoms with van der Waals surface area (Å²) in [5, 5.41) is 0.209. The monoisotopic (exact) mass is 254 g/mol. The van der Waals surface area contributed by atoms with Crippen molar-refractivity contribution in [2.45, 2.75) is 37.1 Å². The van der Waals surface area contributed by atoms with Crippen molar-refractivity contribution in [1.82, 2.24) is 4.98 Å². The molecule has 1 saturated carbocycles. The largest absolute Gasteiger partial charge is 0.493 e. The third kappa shape index (κ3) is 2.65. The highest BCUT2D eigenvalue weighted by Gasteiger charge is 2.28. The van der Waals surface area contributed by atoms with E-state index in [1.807, 2.05) is 12.1 Å². The molecule has 2 rings (SSSR count). The molecule has 0 saturated heterocycles. The summed E-state index contributed by atoms with van der Waals surface area (Å²) < 4.78 is 5.35. The van der Waals surface area contributed by atoms with Crippen molar-refractivity contribution in [3.05, 3.63) is 18.3 Å². The molecule has 0 amide bonds. The summed E-state index contributed by atoms with van der Waals surface area (Å²) in [4.78, 5) is 6.56. The zero-order chi connectivity index (χ0) is 12.3. The van der Waals surface area contributed by atoms with Crippen molar-refractivity contribution >= 4 is 17.4 Å². The van der Waals surface area contributed by atoms with Crippen molar-refractivity contribution in [2.24, 2.45) is 0 Å². The molecule has 0 aliphatic heterocycles. The first-order valence-electron chi connectivity index (χ1n) is 6.10. The normalized spacial score (nSPS) is 24.4. The molecule has 1 aromatic heterocycles. The van der Waals surface area contributed by atoms with Crippen molar-refractivity contribution in [3.8, 4) is 5.75 Å². The Morgan fingerprint density at radius 1 is 1.41 bits per heavy atom. The fourth-order valence-electron chi connectivity index (χ4n) is 2.47. The van der Waals surface area contributed by atoms with E-state index in [1.165, 1.54) is 12.8 Å². The first-order chi connectivity index (χ1) is 8.24. The highest BCUT2D eigenvalue weighted by Crippen LogP contribution is 2.32. The molecule has 0 bridgehead atoms. The van der Waals surface area contributed by atoms with Crippen molar-refractivity contribution in [1.29, 1.82) is 0 Å². The fourth-order valence-corrected chi connectivity index (χ4v) is 2.92. The quantitative estimate of drug-likeness (QED) is 0.776. The Morgan fingerprint density at radius 3 is 2.88 bits per heavy atom. The minimum Gasteiger partial charge on any atom is -0.493 e. The standard InChI is InChI=1S/C13H19ClN2O/c1-16(11-7-4-3-6-10(11)14)13-12(17-2)8-5-9-15-13/h5,8-11H,3-4,6-7H2,1-2H3. The van der Waals surface area contributed by atoms with E-state index in [-0.39, 0.29) is 5.38 Å². The molecular weight excluding hydrogens is 236 g/mol. The van der Waals surface area contributed by atoms with E-state index >= 15 is 0 Å². The number of ether oxygens (including phenoxy) is 1. The van der Waals surface area contributed by atoms with Crippen LogP contribution in [0.4, 0.5) is 5.82 Å². The van der Waals surface area contributed by atoms with Gasteiger partial charge in [0.25, 0.3) is 0 Å². The Labute approximate surface area is 108 Å². The number of hydrogen-bond acceptors (Lipinski definition) is 3. The van der Waals surface area contributed by atoms with Crippen LogP contribution in [0.3, 0.4) is 0 Å². The molecule has 1 aliphatic carbocycles. The SMILES string of the molecule is COc1cccnc1N(C)C1CCCCC1Cl. The number of pyridine rings is 1. The van der Waals surface area contributed by atoms with Gasteiger partial charge in [0.05, 0.1) is 12.5 Å². The predicted molar refractivity (Wildman–Crippen MR) is 71.1 cm³/mol. The molecule has 1 heterocycles. The Hall–Kier alpha value is -0.960. The molecule has 0 spiro atoms. The summed E-state index contributed by atoms with van der Waals surface area (Å²) in [6.45, 7) is 0. The molecule has 1 aliphatic rings. The number of hydrogen-bond donors (Lipinski definition) is 0. The summed E-state index contributed by atoms with van der Waals surface area (Å²) in [7, 11) is 3.73. The minimum absolute atomic E-state index is 0.209. The van der Waals surface area contributed by atoms with Gasteiger partial charge in [-0.1, -0.05) is 12.8 Å². The van der Waals surface area contributed by atoms with Crippen molar-refractivity contribution in [2.75, 3.05) is 19.1 Å². The number of anilines is 1. The van der Waals surface area contributed by atoms with E-state index in [1.54, 1.807) is 13.3 Å². The molecule has 0 radical (unpaired) electrons. The molecule has 94 valence electrons. The lowest BCUT2D eigenvalue weighted by molar-refractivity contribution is 0.401. The van der Waals surface area contributed by atoms with Crippen LogP contribution in [-0.4, -0.2) is 30.6 Å². The Balaban J connectivity index is 2.20. The Bertz CT molecular complexity index is 372. The topological polar surface area (TPSA) is 25.4 Å². The zero-order valence-corrected chi connectivity index (χ0v) is 11.2. The molecule has 1 aromatic rings. The van der Waals surface area contributed by atoms with Gasteiger partial charge in [0.1, 0.15) is 0 Å². The summed E-state index contributed by atoms with van der Waals surface area (Å²) in [5.74, 6) is 1.69. The van der Waals surface area contributed by atoms with Gasteiger partial charge in [-0.3, -0.25) is 0 Å². The molecule has 3 nitrogen and oxygen atoms in total. The van der Waals surface area contributed by atoms with E-state index in [9.17, 15) is 0 Å². The van der Waals surface area contributed by atoms with Gasteiger partial charge in [-0.2, -0.15) is 0 Å². The van der Waals surface area contributed by atoms with Gasteiger partial charge < -0.3 is 9.64 Å². The lowest BCUT2D eigenvalue weighted by Crippen LogP contribution is -2.41. The number of aromatic nitrogens is 1. The Kier molecular flexibility index (Phi) is 4.11. The van der Waals surface area contributed by atoms with Crippen LogP contribution in [0.2, 0.25) is 0 Å².